The average Bonchev–Trinajstić information content (AvgIpc) is 3.30. The minimum Gasteiger partial charge on any atom is -0.208 e. The predicted molar refractivity (Wildman–Crippen MR) is 244 cm³/mol. The molecule has 0 unspecified atom stereocenters. The second-order valence-electron chi connectivity index (χ2n) is 15.1. The van der Waals surface area contributed by atoms with Gasteiger partial charge in [-0.1, -0.05) is 188 Å². The summed E-state index contributed by atoms with van der Waals surface area (Å²) in [5, 5.41) is 16.6. The molecule has 0 saturated carbocycles. The maximum absolute atomic E-state index is 5.56. The van der Waals surface area contributed by atoms with Crippen LogP contribution in [0.1, 0.15) is 0 Å². The minimum absolute atomic E-state index is 0.633. The second kappa shape index (κ2) is 12.9. The number of fused-ring (bicyclic) bond motifs is 12. The third-order valence-corrected chi connectivity index (χ3v) is 11.9. The van der Waals surface area contributed by atoms with Gasteiger partial charge in [0.2, 0.25) is 0 Å². The van der Waals surface area contributed by atoms with Crippen molar-refractivity contribution in [3.05, 3.63) is 200 Å². The van der Waals surface area contributed by atoms with Gasteiger partial charge in [0.05, 0.1) is 0 Å². The molecule has 3 heteroatoms. The van der Waals surface area contributed by atoms with E-state index in [1.54, 1.807) is 0 Å². The van der Waals surface area contributed by atoms with E-state index in [-0.39, 0.29) is 0 Å². The van der Waals surface area contributed by atoms with E-state index in [4.69, 9.17) is 15.0 Å². The Morgan fingerprint density at radius 2 is 0.741 bits per heavy atom. The van der Waals surface area contributed by atoms with Crippen LogP contribution >= 0.6 is 0 Å². The van der Waals surface area contributed by atoms with Gasteiger partial charge in [-0.05, 0) is 98.7 Å². The molecule has 0 bridgehead atoms. The highest BCUT2D eigenvalue weighted by Crippen LogP contribution is 2.44. The summed E-state index contributed by atoms with van der Waals surface area (Å²) in [4.78, 5) is 16.5. The molecule has 0 saturated heterocycles. The van der Waals surface area contributed by atoms with Crippen molar-refractivity contribution in [3.63, 3.8) is 0 Å². The highest BCUT2D eigenvalue weighted by Gasteiger charge is 2.22. The van der Waals surface area contributed by atoms with E-state index >= 15 is 0 Å². The fraction of sp³-hybridized carbons (Fsp3) is 0. The molecule has 268 valence electrons. The lowest BCUT2D eigenvalue weighted by atomic mass is 9.89. The largest absolute Gasteiger partial charge is 0.208 e. The van der Waals surface area contributed by atoms with Gasteiger partial charge in [-0.2, -0.15) is 0 Å². The van der Waals surface area contributed by atoms with Crippen LogP contribution in [-0.2, 0) is 0 Å². The Morgan fingerprint density at radius 1 is 0.241 bits per heavy atom. The van der Waals surface area contributed by atoms with Crippen LogP contribution in [0.25, 0.3) is 121 Å². The van der Waals surface area contributed by atoms with Gasteiger partial charge in [0.1, 0.15) is 0 Å². The van der Waals surface area contributed by atoms with E-state index in [0.29, 0.717) is 17.5 Å². The van der Waals surface area contributed by atoms with Crippen LogP contribution < -0.4 is 0 Å². The number of hydrogen-bond acceptors (Lipinski definition) is 3. The maximum atomic E-state index is 5.56. The van der Waals surface area contributed by atoms with Crippen molar-refractivity contribution in [1.29, 1.82) is 0 Å². The summed E-state index contributed by atoms with van der Waals surface area (Å²) in [7, 11) is 0. The lowest BCUT2D eigenvalue weighted by Gasteiger charge is -2.17. The molecule has 0 amide bonds. The molecule has 0 N–H and O–H groups in total. The van der Waals surface area contributed by atoms with Crippen LogP contribution in [0.5, 0.6) is 0 Å². The van der Waals surface area contributed by atoms with Gasteiger partial charge >= 0.3 is 0 Å². The van der Waals surface area contributed by atoms with Crippen LogP contribution in [0, 0.1) is 0 Å². The molecule has 0 radical (unpaired) electrons. The molecule has 0 atom stereocenters. The van der Waals surface area contributed by atoms with Crippen LogP contribution in [-0.4, -0.2) is 15.0 Å². The normalized spacial score (nSPS) is 11.8. The summed E-state index contributed by atoms with van der Waals surface area (Å²) in [6, 6.07) is 71.6. The first kappa shape index (κ1) is 32.5. The second-order valence-corrected chi connectivity index (χ2v) is 15.1. The number of aromatic nitrogens is 3. The van der Waals surface area contributed by atoms with Crippen molar-refractivity contribution in [2.45, 2.75) is 0 Å². The number of benzene rings is 11. The fourth-order valence-electron chi connectivity index (χ4n) is 9.29. The molecule has 0 spiro atoms. The van der Waals surface area contributed by atoms with Crippen LogP contribution in [0.3, 0.4) is 0 Å². The van der Waals surface area contributed by atoms with Gasteiger partial charge < -0.3 is 0 Å². The van der Waals surface area contributed by atoms with Gasteiger partial charge in [-0.3, -0.25) is 0 Å². The van der Waals surface area contributed by atoms with Gasteiger partial charge in [0, 0.05) is 16.7 Å². The molecule has 0 aliphatic carbocycles. The zero-order chi connectivity index (χ0) is 38.2. The molecule has 58 heavy (non-hydrogen) atoms. The van der Waals surface area contributed by atoms with E-state index in [2.05, 4.69) is 200 Å². The first-order chi connectivity index (χ1) is 28.8. The highest BCUT2D eigenvalue weighted by atomic mass is 15.0. The van der Waals surface area contributed by atoms with E-state index in [1.807, 2.05) is 0 Å². The SMILES string of the molecule is c1ccc(-c2ccccc2-c2nc(-c3c4ccccc4cc4c3ccc3ccccc34)nc(-c3cc4c5ccccc5c5ccccc5c4c4ccccc34)n2)cc1. The van der Waals surface area contributed by atoms with Crippen molar-refractivity contribution >= 4 is 75.4 Å². The molecule has 1 heterocycles. The molecule has 12 aromatic rings. The van der Waals surface area contributed by atoms with Gasteiger partial charge in [0.15, 0.2) is 17.5 Å². The van der Waals surface area contributed by atoms with Crippen LogP contribution in [0.4, 0.5) is 0 Å². The Kier molecular flexibility index (Phi) is 7.23. The first-order valence-electron chi connectivity index (χ1n) is 19.8. The van der Waals surface area contributed by atoms with Crippen molar-refractivity contribution in [2.75, 3.05) is 0 Å². The monoisotopic (exact) mass is 735 g/mol. The van der Waals surface area contributed by atoms with E-state index in [0.717, 1.165) is 49.4 Å². The fourth-order valence-corrected chi connectivity index (χ4v) is 9.29. The molecule has 11 aromatic carbocycles. The number of hydrogen-bond donors (Lipinski definition) is 0. The molecule has 0 aliphatic heterocycles. The summed E-state index contributed by atoms with van der Waals surface area (Å²) in [5.41, 5.74) is 5.11. The van der Waals surface area contributed by atoms with Gasteiger partial charge in [-0.15, -0.1) is 0 Å². The molecule has 0 aliphatic rings. The summed E-state index contributed by atoms with van der Waals surface area (Å²) >= 11 is 0. The Morgan fingerprint density at radius 3 is 1.48 bits per heavy atom. The summed E-state index contributed by atoms with van der Waals surface area (Å²) in [6.45, 7) is 0. The van der Waals surface area contributed by atoms with Gasteiger partial charge in [0.25, 0.3) is 0 Å². The van der Waals surface area contributed by atoms with Crippen LogP contribution in [0.2, 0.25) is 0 Å². The Labute approximate surface area is 334 Å². The summed E-state index contributed by atoms with van der Waals surface area (Å²) in [6.07, 6.45) is 0. The summed E-state index contributed by atoms with van der Waals surface area (Å²) < 4.78 is 0. The third kappa shape index (κ3) is 4.97. The van der Waals surface area contributed by atoms with Crippen molar-refractivity contribution in [1.82, 2.24) is 15.0 Å². The molecular formula is C55H33N3. The van der Waals surface area contributed by atoms with Crippen molar-refractivity contribution < 1.29 is 0 Å². The van der Waals surface area contributed by atoms with Crippen LogP contribution in [0.15, 0.2) is 200 Å². The standard InChI is InChI=1S/C55H33N3/c1-2-16-34(17-3-1)37-20-8-15-29-47(37)53-56-54(58-55(57-53)52-39-22-7-5-19-36(39)32-48-38-21-6-4-18-35(38)30-31-46(48)52)50-33-49-42-25-10-9-23-40(42)41-24-11-13-27-44(41)51(49)45-28-14-12-26-43(45)50/h1-33H. The smallest absolute Gasteiger partial charge is 0.165 e. The molecule has 0 fully saturated rings. The highest BCUT2D eigenvalue weighted by molar-refractivity contribution is 6.33. The zero-order valence-corrected chi connectivity index (χ0v) is 31.4. The minimum atomic E-state index is 0.633. The Hall–Kier alpha value is -7.75. The molecule has 3 nitrogen and oxygen atoms in total. The topological polar surface area (TPSA) is 38.7 Å². The number of nitrogens with zero attached hydrogens (tertiary/aromatic N) is 3. The Balaban J connectivity index is 1.24. The zero-order valence-electron chi connectivity index (χ0n) is 31.4. The number of rotatable bonds is 4. The summed E-state index contributed by atoms with van der Waals surface area (Å²) in [5.74, 6) is 1.92. The predicted octanol–water partition coefficient (Wildman–Crippen LogP) is 14.6. The van der Waals surface area contributed by atoms with E-state index in [9.17, 15) is 0 Å². The van der Waals surface area contributed by atoms with E-state index in [1.165, 1.54) is 53.9 Å². The maximum Gasteiger partial charge on any atom is 0.165 e. The third-order valence-electron chi connectivity index (χ3n) is 11.9. The molecule has 12 rings (SSSR count). The van der Waals surface area contributed by atoms with E-state index < -0.39 is 0 Å². The van der Waals surface area contributed by atoms with Gasteiger partial charge in [-0.25, -0.2) is 15.0 Å². The molecule has 1 aromatic heterocycles. The van der Waals surface area contributed by atoms with Crippen molar-refractivity contribution in [3.8, 4) is 45.3 Å². The Bertz CT molecular complexity index is 3630. The quantitative estimate of drug-likeness (QED) is 0.133. The van der Waals surface area contributed by atoms with Crippen molar-refractivity contribution in [2.24, 2.45) is 0 Å². The average molecular weight is 736 g/mol. The first-order valence-corrected chi connectivity index (χ1v) is 19.8. The molecular weight excluding hydrogens is 703 g/mol. The lowest BCUT2D eigenvalue weighted by molar-refractivity contribution is 1.08. The lowest BCUT2D eigenvalue weighted by Crippen LogP contribution is -2.02.